The van der Waals surface area contributed by atoms with Gasteiger partial charge in [0.15, 0.2) is 0 Å². The van der Waals surface area contributed by atoms with E-state index in [2.05, 4.69) is 39.8 Å². The summed E-state index contributed by atoms with van der Waals surface area (Å²) in [6.45, 7) is 4.76. The lowest BCUT2D eigenvalue weighted by Crippen LogP contribution is -2.00. The van der Waals surface area contributed by atoms with Crippen LogP contribution < -0.4 is 5.32 Å². The monoisotopic (exact) mass is 362 g/mol. The molecule has 0 amide bonds. The molecule has 1 aromatic carbocycles. The first-order valence-electron chi connectivity index (χ1n) is 5.18. The zero-order valence-corrected chi connectivity index (χ0v) is 12.5. The summed E-state index contributed by atoms with van der Waals surface area (Å²) in [7, 11) is 0. The lowest BCUT2D eigenvalue weighted by molar-refractivity contribution is 0.627. The number of anilines is 1. The van der Waals surface area contributed by atoms with E-state index in [0.717, 1.165) is 20.0 Å². The highest BCUT2D eigenvalue weighted by molar-refractivity contribution is 14.1. The molecule has 17 heavy (non-hydrogen) atoms. The highest BCUT2D eigenvalue weighted by Gasteiger charge is 2.05. The lowest BCUT2D eigenvalue weighted by Gasteiger charge is -2.06. The van der Waals surface area contributed by atoms with Crippen molar-refractivity contribution in [1.82, 2.24) is 4.98 Å². The fraction of sp³-hybridized carbons (Fsp3) is 0.250. The van der Waals surface area contributed by atoms with Crippen molar-refractivity contribution in [1.29, 1.82) is 0 Å². The SMILES string of the molecule is Cc1nc(CNc2ccc(F)cc2I)sc1C. The predicted molar refractivity (Wildman–Crippen MR) is 78.0 cm³/mol. The van der Waals surface area contributed by atoms with Gasteiger partial charge in [-0.25, -0.2) is 9.37 Å². The van der Waals surface area contributed by atoms with Crippen LogP contribution in [0.25, 0.3) is 0 Å². The maximum atomic E-state index is 12.9. The number of thiazole rings is 1. The van der Waals surface area contributed by atoms with Gasteiger partial charge in [0.1, 0.15) is 10.8 Å². The smallest absolute Gasteiger partial charge is 0.124 e. The Morgan fingerprint density at radius 3 is 2.76 bits per heavy atom. The molecule has 90 valence electrons. The standard InChI is InChI=1S/C12H12FIN2S/c1-7-8(2)17-12(16-7)6-15-11-4-3-9(13)5-10(11)14/h3-5,15H,6H2,1-2H3. The Morgan fingerprint density at radius 1 is 1.41 bits per heavy atom. The zero-order valence-electron chi connectivity index (χ0n) is 9.55. The highest BCUT2D eigenvalue weighted by atomic mass is 127. The van der Waals surface area contributed by atoms with Crippen LogP contribution >= 0.6 is 33.9 Å². The molecule has 2 nitrogen and oxygen atoms in total. The van der Waals surface area contributed by atoms with E-state index in [4.69, 9.17) is 0 Å². The van der Waals surface area contributed by atoms with E-state index < -0.39 is 0 Å². The van der Waals surface area contributed by atoms with Crippen LogP contribution in [0.3, 0.4) is 0 Å². The Labute approximate surface area is 117 Å². The molecule has 0 radical (unpaired) electrons. The minimum absolute atomic E-state index is 0.208. The largest absolute Gasteiger partial charge is 0.378 e. The molecule has 0 fully saturated rings. The Morgan fingerprint density at radius 2 is 2.18 bits per heavy atom. The van der Waals surface area contributed by atoms with E-state index >= 15 is 0 Å². The van der Waals surface area contributed by atoms with Crippen LogP contribution in [0.5, 0.6) is 0 Å². The predicted octanol–water partition coefficient (Wildman–Crippen LogP) is 4.12. The van der Waals surface area contributed by atoms with E-state index in [1.165, 1.54) is 17.0 Å². The molecular formula is C12H12FIN2S. The minimum atomic E-state index is -0.208. The van der Waals surface area contributed by atoms with Gasteiger partial charge in [-0.05, 0) is 54.6 Å². The van der Waals surface area contributed by atoms with E-state index in [1.807, 2.05) is 6.92 Å². The van der Waals surface area contributed by atoms with Crippen LogP contribution in [0.2, 0.25) is 0 Å². The summed E-state index contributed by atoms with van der Waals surface area (Å²) < 4.78 is 13.8. The molecule has 0 saturated heterocycles. The van der Waals surface area contributed by atoms with Crippen LogP contribution in [0.1, 0.15) is 15.6 Å². The minimum Gasteiger partial charge on any atom is -0.378 e. The number of nitrogens with zero attached hydrogens (tertiary/aromatic N) is 1. The summed E-state index contributed by atoms with van der Waals surface area (Å²) in [6, 6.07) is 4.73. The second-order valence-corrected chi connectivity index (χ2v) is 6.18. The Bertz CT molecular complexity index is 520. The highest BCUT2D eigenvalue weighted by Crippen LogP contribution is 2.21. The fourth-order valence-electron chi connectivity index (χ4n) is 1.42. The van der Waals surface area contributed by atoms with Gasteiger partial charge in [0.05, 0.1) is 12.2 Å². The number of nitrogens with one attached hydrogen (secondary N) is 1. The third-order valence-corrected chi connectivity index (χ3v) is 4.40. The molecule has 0 atom stereocenters. The number of aromatic nitrogens is 1. The van der Waals surface area contributed by atoms with Gasteiger partial charge in [-0.2, -0.15) is 0 Å². The van der Waals surface area contributed by atoms with Gasteiger partial charge >= 0.3 is 0 Å². The summed E-state index contributed by atoms with van der Waals surface area (Å²) in [5.74, 6) is -0.208. The summed E-state index contributed by atoms with van der Waals surface area (Å²) in [4.78, 5) is 5.70. The average molecular weight is 362 g/mol. The summed E-state index contributed by atoms with van der Waals surface area (Å²) >= 11 is 3.81. The number of hydrogen-bond donors (Lipinski definition) is 1. The quantitative estimate of drug-likeness (QED) is 0.832. The molecule has 0 saturated carbocycles. The summed E-state index contributed by atoms with van der Waals surface area (Å²) in [5.41, 5.74) is 2.03. The third kappa shape index (κ3) is 3.16. The van der Waals surface area contributed by atoms with Gasteiger partial charge in [-0.3, -0.25) is 0 Å². The molecule has 0 bridgehead atoms. The molecule has 0 aliphatic heterocycles. The van der Waals surface area contributed by atoms with Gasteiger partial charge in [-0.15, -0.1) is 11.3 Å². The number of benzene rings is 1. The summed E-state index contributed by atoms with van der Waals surface area (Å²) in [6.07, 6.45) is 0. The van der Waals surface area contributed by atoms with E-state index in [9.17, 15) is 4.39 Å². The second kappa shape index (κ2) is 5.30. The van der Waals surface area contributed by atoms with Gasteiger partial charge in [0, 0.05) is 14.1 Å². The zero-order chi connectivity index (χ0) is 12.4. The molecule has 0 aliphatic rings. The van der Waals surface area contributed by atoms with Crippen molar-refractivity contribution in [2.75, 3.05) is 5.32 Å². The van der Waals surface area contributed by atoms with Gasteiger partial charge in [0.2, 0.25) is 0 Å². The average Bonchev–Trinajstić information content (AvgIpc) is 2.57. The number of rotatable bonds is 3. The van der Waals surface area contributed by atoms with Gasteiger partial charge in [0.25, 0.3) is 0 Å². The molecule has 0 unspecified atom stereocenters. The van der Waals surface area contributed by atoms with Crippen molar-refractivity contribution < 1.29 is 4.39 Å². The molecule has 2 aromatic rings. The first kappa shape index (κ1) is 12.8. The maximum Gasteiger partial charge on any atom is 0.124 e. The maximum absolute atomic E-state index is 12.9. The van der Waals surface area contributed by atoms with Crippen LogP contribution in [0.15, 0.2) is 18.2 Å². The first-order chi connectivity index (χ1) is 8.06. The lowest BCUT2D eigenvalue weighted by atomic mass is 10.3. The Kier molecular flexibility index (Phi) is 3.98. The number of halogens is 2. The van der Waals surface area contributed by atoms with Crippen molar-refractivity contribution in [3.05, 3.63) is 43.2 Å². The number of aryl methyl sites for hydroxylation is 2. The molecule has 1 heterocycles. The normalized spacial score (nSPS) is 10.6. The molecule has 2 rings (SSSR count). The van der Waals surface area contributed by atoms with Crippen LogP contribution in [0, 0.1) is 23.2 Å². The van der Waals surface area contributed by atoms with Crippen LogP contribution in [-0.2, 0) is 6.54 Å². The van der Waals surface area contributed by atoms with E-state index in [0.29, 0.717) is 6.54 Å². The molecule has 5 heteroatoms. The van der Waals surface area contributed by atoms with Crippen LogP contribution in [0.4, 0.5) is 10.1 Å². The molecule has 0 spiro atoms. The van der Waals surface area contributed by atoms with E-state index in [-0.39, 0.29) is 5.82 Å². The third-order valence-electron chi connectivity index (χ3n) is 2.43. The molecule has 0 aliphatic carbocycles. The second-order valence-electron chi connectivity index (χ2n) is 3.73. The topological polar surface area (TPSA) is 24.9 Å². The van der Waals surface area contributed by atoms with Gasteiger partial charge in [-0.1, -0.05) is 0 Å². The van der Waals surface area contributed by atoms with Crippen molar-refractivity contribution in [2.24, 2.45) is 0 Å². The van der Waals surface area contributed by atoms with Crippen molar-refractivity contribution in [3.8, 4) is 0 Å². The van der Waals surface area contributed by atoms with Crippen molar-refractivity contribution in [3.63, 3.8) is 0 Å². The van der Waals surface area contributed by atoms with Crippen molar-refractivity contribution >= 4 is 39.6 Å². The van der Waals surface area contributed by atoms with Gasteiger partial charge < -0.3 is 5.32 Å². The first-order valence-corrected chi connectivity index (χ1v) is 7.07. The molecule has 1 aromatic heterocycles. The fourth-order valence-corrected chi connectivity index (χ4v) is 2.96. The van der Waals surface area contributed by atoms with E-state index in [1.54, 1.807) is 17.4 Å². The molecule has 1 N–H and O–H groups in total. The number of hydrogen-bond acceptors (Lipinski definition) is 3. The van der Waals surface area contributed by atoms with Crippen molar-refractivity contribution in [2.45, 2.75) is 20.4 Å². The Hall–Kier alpha value is -0.690. The summed E-state index contributed by atoms with van der Waals surface area (Å²) in [5, 5.41) is 4.33. The molecular weight excluding hydrogens is 350 g/mol. The van der Waals surface area contributed by atoms with Crippen LogP contribution in [-0.4, -0.2) is 4.98 Å². The Balaban J connectivity index is 2.07.